The molecule has 0 saturated carbocycles. The highest BCUT2D eigenvalue weighted by molar-refractivity contribution is 5.41. The van der Waals surface area contributed by atoms with Crippen molar-refractivity contribution in [2.75, 3.05) is 5.73 Å². The Morgan fingerprint density at radius 2 is 1.80 bits per heavy atom. The lowest BCUT2D eigenvalue weighted by molar-refractivity contribution is 0.226. The fourth-order valence-corrected chi connectivity index (χ4v) is 1.64. The van der Waals surface area contributed by atoms with E-state index in [4.69, 9.17) is 16.2 Å². The average Bonchev–Trinajstić information content (AvgIpc) is 2.25. The van der Waals surface area contributed by atoms with Crippen molar-refractivity contribution in [1.82, 2.24) is 0 Å². The molecule has 1 aliphatic rings. The van der Waals surface area contributed by atoms with Gasteiger partial charge in [-0.25, -0.2) is 0 Å². The summed E-state index contributed by atoms with van der Waals surface area (Å²) >= 11 is 0. The van der Waals surface area contributed by atoms with Crippen molar-refractivity contribution in [2.45, 2.75) is 25.0 Å². The molecule has 3 nitrogen and oxygen atoms in total. The standard InChI is InChI=1S/C12H16N2O/c13-9-1-5-11(6-2-9)15-12-7-3-10(14)4-8-12/h1-3,5-7,10,12H,4,8,13-14H2. The first-order valence-electron chi connectivity index (χ1n) is 5.20. The van der Waals surface area contributed by atoms with Gasteiger partial charge in [0.15, 0.2) is 0 Å². The summed E-state index contributed by atoms with van der Waals surface area (Å²) in [5, 5.41) is 0. The molecule has 15 heavy (non-hydrogen) atoms. The van der Waals surface area contributed by atoms with Gasteiger partial charge in [0.05, 0.1) is 0 Å². The summed E-state index contributed by atoms with van der Waals surface area (Å²) in [6.07, 6.45) is 6.14. The average molecular weight is 204 g/mol. The van der Waals surface area contributed by atoms with E-state index in [-0.39, 0.29) is 12.1 Å². The molecule has 0 spiro atoms. The number of rotatable bonds is 2. The van der Waals surface area contributed by atoms with Crippen LogP contribution < -0.4 is 16.2 Å². The van der Waals surface area contributed by atoms with Gasteiger partial charge in [0.2, 0.25) is 0 Å². The van der Waals surface area contributed by atoms with Crippen LogP contribution in [-0.4, -0.2) is 12.1 Å². The normalized spacial score (nSPS) is 25.1. The number of ether oxygens (including phenoxy) is 1. The zero-order valence-electron chi connectivity index (χ0n) is 8.60. The maximum absolute atomic E-state index is 5.76. The van der Waals surface area contributed by atoms with E-state index in [1.165, 1.54) is 0 Å². The first-order chi connectivity index (χ1) is 7.24. The summed E-state index contributed by atoms with van der Waals surface area (Å²) in [5.74, 6) is 0.856. The molecule has 2 atom stereocenters. The fourth-order valence-electron chi connectivity index (χ4n) is 1.64. The minimum absolute atomic E-state index is 0.147. The van der Waals surface area contributed by atoms with Gasteiger partial charge in [-0.2, -0.15) is 0 Å². The predicted octanol–water partition coefficient (Wildman–Crippen LogP) is 1.69. The number of nitrogens with two attached hydrogens (primary N) is 2. The third-order valence-electron chi connectivity index (χ3n) is 2.53. The Morgan fingerprint density at radius 3 is 2.40 bits per heavy atom. The second kappa shape index (κ2) is 4.36. The van der Waals surface area contributed by atoms with Crippen LogP contribution in [0.25, 0.3) is 0 Å². The van der Waals surface area contributed by atoms with Crippen LogP contribution in [0.15, 0.2) is 36.4 Å². The van der Waals surface area contributed by atoms with Crippen molar-refractivity contribution >= 4 is 5.69 Å². The van der Waals surface area contributed by atoms with Gasteiger partial charge < -0.3 is 16.2 Å². The first-order valence-corrected chi connectivity index (χ1v) is 5.20. The Labute approximate surface area is 89.7 Å². The van der Waals surface area contributed by atoms with E-state index in [1.807, 2.05) is 36.4 Å². The lowest BCUT2D eigenvalue weighted by Gasteiger charge is -2.21. The lowest BCUT2D eigenvalue weighted by atomic mass is 10.0. The second-order valence-electron chi connectivity index (χ2n) is 3.85. The molecule has 2 rings (SSSR count). The molecule has 0 amide bonds. The first kappa shape index (κ1) is 10.1. The lowest BCUT2D eigenvalue weighted by Crippen LogP contribution is -2.26. The molecule has 1 aromatic carbocycles. The summed E-state index contributed by atoms with van der Waals surface area (Å²) in [5.41, 5.74) is 12.1. The maximum Gasteiger partial charge on any atom is 0.120 e. The van der Waals surface area contributed by atoms with Crippen molar-refractivity contribution in [3.63, 3.8) is 0 Å². The van der Waals surface area contributed by atoms with Gasteiger partial charge >= 0.3 is 0 Å². The van der Waals surface area contributed by atoms with Crippen molar-refractivity contribution in [1.29, 1.82) is 0 Å². The van der Waals surface area contributed by atoms with E-state index in [2.05, 4.69) is 0 Å². The van der Waals surface area contributed by atoms with E-state index >= 15 is 0 Å². The highest BCUT2D eigenvalue weighted by atomic mass is 16.5. The number of anilines is 1. The molecule has 3 heteroatoms. The Hall–Kier alpha value is -1.48. The summed E-state index contributed by atoms with van der Waals surface area (Å²) in [4.78, 5) is 0. The van der Waals surface area contributed by atoms with Gasteiger partial charge in [-0.05, 0) is 43.2 Å². The molecule has 1 aromatic rings. The topological polar surface area (TPSA) is 61.3 Å². The van der Waals surface area contributed by atoms with Crippen LogP contribution in [0.1, 0.15) is 12.8 Å². The molecule has 0 radical (unpaired) electrons. The molecule has 80 valence electrons. The Morgan fingerprint density at radius 1 is 1.07 bits per heavy atom. The smallest absolute Gasteiger partial charge is 0.120 e. The molecule has 0 aromatic heterocycles. The molecule has 0 bridgehead atoms. The minimum atomic E-state index is 0.147. The number of hydrogen-bond donors (Lipinski definition) is 2. The maximum atomic E-state index is 5.76. The second-order valence-corrected chi connectivity index (χ2v) is 3.85. The molecule has 0 fully saturated rings. The Kier molecular flexibility index (Phi) is 2.92. The number of benzene rings is 1. The molecule has 4 N–H and O–H groups in total. The van der Waals surface area contributed by atoms with Gasteiger partial charge in [0.25, 0.3) is 0 Å². The van der Waals surface area contributed by atoms with Crippen LogP contribution in [0.5, 0.6) is 5.75 Å². The monoisotopic (exact) mass is 204 g/mol. The third kappa shape index (κ3) is 2.73. The van der Waals surface area contributed by atoms with Gasteiger partial charge in [-0.1, -0.05) is 6.08 Å². The van der Waals surface area contributed by atoms with E-state index in [1.54, 1.807) is 0 Å². The van der Waals surface area contributed by atoms with E-state index in [9.17, 15) is 0 Å². The van der Waals surface area contributed by atoms with Crippen LogP contribution in [-0.2, 0) is 0 Å². The molecule has 2 unspecified atom stereocenters. The van der Waals surface area contributed by atoms with Crippen LogP contribution in [0.3, 0.4) is 0 Å². The van der Waals surface area contributed by atoms with Crippen LogP contribution in [0, 0.1) is 0 Å². The van der Waals surface area contributed by atoms with Gasteiger partial charge in [-0.3, -0.25) is 0 Å². The third-order valence-corrected chi connectivity index (χ3v) is 2.53. The number of nitrogen functional groups attached to an aromatic ring is 1. The number of hydrogen-bond acceptors (Lipinski definition) is 3. The zero-order valence-corrected chi connectivity index (χ0v) is 8.60. The molecule has 1 aliphatic carbocycles. The largest absolute Gasteiger partial charge is 0.486 e. The molecule has 0 aliphatic heterocycles. The quantitative estimate of drug-likeness (QED) is 0.569. The summed E-state index contributed by atoms with van der Waals surface area (Å²) < 4.78 is 5.76. The highest BCUT2D eigenvalue weighted by Gasteiger charge is 2.13. The minimum Gasteiger partial charge on any atom is -0.486 e. The highest BCUT2D eigenvalue weighted by Crippen LogP contribution is 2.19. The van der Waals surface area contributed by atoms with Crippen molar-refractivity contribution in [3.05, 3.63) is 36.4 Å². The molecular weight excluding hydrogens is 188 g/mol. The van der Waals surface area contributed by atoms with Crippen LogP contribution >= 0.6 is 0 Å². The SMILES string of the molecule is Nc1ccc(OC2C=CC(N)CC2)cc1. The Balaban J connectivity index is 1.97. The molecule has 0 saturated heterocycles. The fraction of sp³-hybridized carbons (Fsp3) is 0.333. The zero-order chi connectivity index (χ0) is 10.7. The van der Waals surface area contributed by atoms with E-state index in [0.29, 0.717) is 0 Å². The van der Waals surface area contributed by atoms with Gasteiger partial charge in [0, 0.05) is 11.7 Å². The van der Waals surface area contributed by atoms with Gasteiger partial charge in [0.1, 0.15) is 11.9 Å². The summed E-state index contributed by atoms with van der Waals surface area (Å²) in [6, 6.07) is 7.65. The Bertz CT molecular complexity index is 345. The van der Waals surface area contributed by atoms with Crippen LogP contribution in [0.4, 0.5) is 5.69 Å². The van der Waals surface area contributed by atoms with Crippen molar-refractivity contribution < 1.29 is 4.74 Å². The molecular formula is C12H16N2O. The van der Waals surface area contributed by atoms with Crippen LogP contribution in [0.2, 0.25) is 0 Å². The summed E-state index contributed by atoms with van der Waals surface area (Å²) in [6.45, 7) is 0. The summed E-state index contributed by atoms with van der Waals surface area (Å²) in [7, 11) is 0. The molecule has 0 heterocycles. The van der Waals surface area contributed by atoms with Crippen molar-refractivity contribution in [2.24, 2.45) is 5.73 Å². The predicted molar refractivity (Wildman–Crippen MR) is 61.6 cm³/mol. The van der Waals surface area contributed by atoms with E-state index < -0.39 is 0 Å². The van der Waals surface area contributed by atoms with Crippen molar-refractivity contribution in [3.8, 4) is 5.75 Å². The van der Waals surface area contributed by atoms with E-state index in [0.717, 1.165) is 24.3 Å². The van der Waals surface area contributed by atoms with Gasteiger partial charge in [-0.15, -0.1) is 0 Å².